The van der Waals surface area contributed by atoms with Crippen molar-refractivity contribution < 1.29 is 4.42 Å². The molecule has 16 heavy (non-hydrogen) atoms. The standard InChI is InChI=1S/C12H11N3O/c1-8-7-15-12(13-8)6-4-10(14-15)11-5-3-9(2)16-11/h3-7H,1-2H3. The molecule has 0 N–H and O–H groups in total. The number of hydrogen-bond acceptors (Lipinski definition) is 3. The van der Waals surface area contributed by atoms with Crippen molar-refractivity contribution in [1.82, 2.24) is 14.6 Å². The number of rotatable bonds is 1. The minimum absolute atomic E-state index is 0.783. The van der Waals surface area contributed by atoms with Crippen LogP contribution in [0.15, 0.2) is 34.9 Å². The Morgan fingerprint density at radius 1 is 1.12 bits per heavy atom. The summed E-state index contributed by atoms with van der Waals surface area (Å²) in [5, 5.41) is 4.44. The maximum Gasteiger partial charge on any atom is 0.154 e. The highest BCUT2D eigenvalue weighted by molar-refractivity contribution is 5.54. The number of aromatic nitrogens is 3. The Kier molecular flexibility index (Phi) is 1.83. The summed E-state index contributed by atoms with van der Waals surface area (Å²) in [7, 11) is 0. The summed E-state index contributed by atoms with van der Waals surface area (Å²) < 4.78 is 7.30. The van der Waals surface area contributed by atoms with Crippen LogP contribution in [0.5, 0.6) is 0 Å². The van der Waals surface area contributed by atoms with E-state index in [9.17, 15) is 0 Å². The Bertz CT molecular complexity index is 651. The third-order valence-corrected chi connectivity index (χ3v) is 2.43. The Balaban J connectivity index is 2.17. The molecule has 0 bridgehead atoms. The molecule has 0 atom stereocenters. The topological polar surface area (TPSA) is 43.3 Å². The van der Waals surface area contributed by atoms with Gasteiger partial charge in [0.15, 0.2) is 11.4 Å². The van der Waals surface area contributed by atoms with Crippen molar-refractivity contribution in [1.29, 1.82) is 0 Å². The van der Waals surface area contributed by atoms with Gasteiger partial charge in [-0.05, 0) is 38.1 Å². The number of imidazole rings is 1. The minimum Gasteiger partial charge on any atom is -0.460 e. The smallest absolute Gasteiger partial charge is 0.154 e. The Morgan fingerprint density at radius 3 is 2.75 bits per heavy atom. The van der Waals surface area contributed by atoms with Crippen LogP contribution in [0.3, 0.4) is 0 Å². The fourth-order valence-electron chi connectivity index (χ4n) is 1.70. The highest BCUT2D eigenvalue weighted by atomic mass is 16.3. The van der Waals surface area contributed by atoms with E-state index in [2.05, 4.69) is 10.1 Å². The lowest BCUT2D eigenvalue weighted by molar-refractivity contribution is 0.545. The van der Waals surface area contributed by atoms with E-state index in [4.69, 9.17) is 4.42 Å². The summed E-state index contributed by atoms with van der Waals surface area (Å²) in [6, 6.07) is 7.71. The van der Waals surface area contributed by atoms with Gasteiger partial charge in [-0.1, -0.05) is 0 Å². The molecule has 0 fully saturated rings. The number of aryl methyl sites for hydroxylation is 2. The second-order valence-electron chi connectivity index (χ2n) is 3.81. The van der Waals surface area contributed by atoms with Crippen LogP contribution >= 0.6 is 0 Å². The van der Waals surface area contributed by atoms with Gasteiger partial charge >= 0.3 is 0 Å². The van der Waals surface area contributed by atoms with Crippen molar-refractivity contribution in [3.63, 3.8) is 0 Å². The molecule has 80 valence electrons. The molecule has 0 aliphatic heterocycles. The van der Waals surface area contributed by atoms with Gasteiger partial charge in [0.05, 0.1) is 11.9 Å². The summed E-state index contributed by atoms with van der Waals surface area (Å²) in [6.07, 6.45) is 1.90. The van der Waals surface area contributed by atoms with Crippen LogP contribution in [-0.2, 0) is 0 Å². The monoisotopic (exact) mass is 213 g/mol. The quantitative estimate of drug-likeness (QED) is 0.624. The second kappa shape index (κ2) is 3.20. The predicted molar refractivity (Wildman–Crippen MR) is 60.2 cm³/mol. The molecule has 0 saturated carbocycles. The molecule has 4 heteroatoms. The summed E-state index contributed by atoms with van der Waals surface area (Å²) in [4.78, 5) is 4.32. The molecular weight excluding hydrogens is 202 g/mol. The van der Waals surface area contributed by atoms with Gasteiger partial charge in [0.25, 0.3) is 0 Å². The van der Waals surface area contributed by atoms with Crippen molar-refractivity contribution in [2.45, 2.75) is 13.8 Å². The average molecular weight is 213 g/mol. The molecule has 0 unspecified atom stereocenters. The van der Waals surface area contributed by atoms with Crippen LogP contribution in [-0.4, -0.2) is 14.6 Å². The van der Waals surface area contributed by atoms with Crippen LogP contribution in [0.2, 0.25) is 0 Å². The van der Waals surface area contributed by atoms with Crippen LogP contribution in [0, 0.1) is 13.8 Å². The van der Waals surface area contributed by atoms with E-state index in [1.165, 1.54) is 0 Å². The normalized spacial score (nSPS) is 11.1. The lowest BCUT2D eigenvalue weighted by Crippen LogP contribution is -1.91. The molecule has 0 amide bonds. The highest BCUT2D eigenvalue weighted by Crippen LogP contribution is 2.19. The molecule has 0 aliphatic carbocycles. The number of nitrogens with zero attached hydrogens (tertiary/aromatic N) is 3. The first kappa shape index (κ1) is 9.15. The lowest BCUT2D eigenvalue weighted by atomic mass is 10.3. The van der Waals surface area contributed by atoms with Gasteiger partial charge in [-0.25, -0.2) is 9.50 Å². The molecule has 3 aromatic heterocycles. The number of furan rings is 1. The third-order valence-electron chi connectivity index (χ3n) is 2.43. The van der Waals surface area contributed by atoms with Crippen molar-refractivity contribution >= 4 is 5.65 Å². The molecule has 3 heterocycles. The van der Waals surface area contributed by atoms with Crippen molar-refractivity contribution in [2.24, 2.45) is 0 Å². The Hall–Kier alpha value is -2.10. The van der Waals surface area contributed by atoms with Crippen molar-refractivity contribution in [3.8, 4) is 11.5 Å². The first-order chi connectivity index (χ1) is 7.72. The minimum atomic E-state index is 0.783. The fraction of sp³-hybridized carbons (Fsp3) is 0.167. The van der Waals surface area contributed by atoms with E-state index in [1.54, 1.807) is 4.52 Å². The average Bonchev–Trinajstić information content (AvgIpc) is 2.81. The summed E-state index contributed by atoms with van der Waals surface area (Å²) in [6.45, 7) is 3.87. The first-order valence-electron chi connectivity index (χ1n) is 5.12. The fourth-order valence-corrected chi connectivity index (χ4v) is 1.70. The Labute approximate surface area is 92.5 Å². The van der Waals surface area contributed by atoms with Crippen LogP contribution < -0.4 is 0 Å². The van der Waals surface area contributed by atoms with Crippen LogP contribution in [0.1, 0.15) is 11.5 Å². The summed E-state index contributed by atoms with van der Waals surface area (Å²) in [5.41, 5.74) is 2.63. The Morgan fingerprint density at radius 2 is 2.00 bits per heavy atom. The van der Waals surface area contributed by atoms with Crippen molar-refractivity contribution in [2.75, 3.05) is 0 Å². The number of fused-ring (bicyclic) bond motifs is 1. The molecule has 3 aromatic rings. The third kappa shape index (κ3) is 1.39. The summed E-state index contributed by atoms with van der Waals surface area (Å²) in [5.74, 6) is 1.67. The first-order valence-corrected chi connectivity index (χ1v) is 5.12. The highest BCUT2D eigenvalue weighted by Gasteiger charge is 2.06. The van der Waals surface area contributed by atoms with E-state index < -0.39 is 0 Å². The van der Waals surface area contributed by atoms with E-state index >= 15 is 0 Å². The van der Waals surface area contributed by atoms with Gasteiger partial charge in [0.2, 0.25) is 0 Å². The van der Waals surface area contributed by atoms with Gasteiger partial charge in [-0.3, -0.25) is 0 Å². The van der Waals surface area contributed by atoms with E-state index in [0.717, 1.165) is 28.6 Å². The van der Waals surface area contributed by atoms with E-state index in [1.807, 2.05) is 44.3 Å². The molecule has 3 rings (SSSR count). The summed E-state index contributed by atoms with van der Waals surface area (Å²) >= 11 is 0. The molecule has 0 saturated heterocycles. The zero-order valence-electron chi connectivity index (χ0n) is 9.14. The zero-order chi connectivity index (χ0) is 11.1. The molecular formula is C12H11N3O. The second-order valence-corrected chi connectivity index (χ2v) is 3.81. The maximum absolute atomic E-state index is 5.53. The van der Waals surface area contributed by atoms with Crippen LogP contribution in [0.4, 0.5) is 0 Å². The molecule has 4 nitrogen and oxygen atoms in total. The van der Waals surface area contributed by atoms with Gasteiger partial charge in [-0.15, -0.1) is 0 Å². The maximum atomic E-state index is 5.53. The predicted octanol–water partition coefficient (Wildman–Crippen LogP) is 2.61. The number of hydrogen-bond donors (Lipinski definition) is 0. The van der Waals surface area contributed by atoms with Gasteiger partial charge in [-0.2, -0.15) is 5.10 Å². The van der Waals surface area contributed by atoms with Gasteiger partial charge in [0, 0.05) is 0 Å². The van der Waals surface area contributed by atoms with Crippen LogP contribution in [0.25, 0.3) is 17.1 Å². The molecule has 0 spiro atoms. The zero-order valence-corrected chi connectivity index (χ0v) is 9.14. The van der Waals surface area contributed by atoms with E-state index in [-0.39, 0.29) is 0 Å². The SMILES string of the molecule is Cc1cn2nc(-c3ccc(C)o3)ccc2n1. The molecule has 0 aliphatic rings. The molecule has 0 radical (unpaired) electrons. The van der Waals surface area contributed by atoms with Gasteiger partial charge in [0.1, 0.15) is 11.5 Å². The van der Waals surface area contributed by atoms with Crippen molar-refractivity contribution in [3.05, 3.63) is 41.9 Å². The molecule has 0 aromatic carbocycles. The largest absolute Gasteiger partial charge is 0.460 e. The van der Waals surface area contributed by atoms with Gasteiger partial charge < -0.3 is 4.42 Å². The lowest BCUT2D eigenvalue weighted by Gasteiger charge is -1.97. The van der Waals surface area contributed by atoms with E-state index in [0.29, 0.717) is 0 Å².